The Hall–Kier alpha value is -1.40. The minimum absolute atomic E-state index is 0.00957. The fourth-order valence-corrected chi connectivity index (χ4v) is 4.20. The number of hydrogen-bond donors (Lipinski definition) is 5. The summed E-state index contributed by atoms with van der Waals surface area (Å²) in [6, 6.07) is 0. The van der Waals surface area contributed by atoms with Gasteiger partial charge in [0.15, 0.2) is 11.6 Å². The molecule has 172 valence electrons. The molecule has 1 saturated heterocycles. The number of rotatable bonds is 8. The molecule has 2 heterocycles. The maximum absolute atomic E-state index is 15.3. The second-order valence-electron chi connectivity index (χ2n) is 7.67. The van der Waals surface area contributed by atoms with E-state index < -0.39 is 61.9 Å². The van der Waals surface area contributed by atoms with E-state index in [1.807, 2.05) is 0 Å². The van der Waals surface area contributed by atoms with Gasteiger partial charge in [0.2, 0.25) is 5.85 Å². The van der Waals surface area contributed by atoms with Crippen molar-refractivity contribution in [3.05, 3.63) is 22.2 Å². The normalized spacial score (nSPS) is 30.4. The molecule has 1 aliphatic heterocycles. The van der Waals surface area contributed by atoms with Crippen molar-refractivity contribution in [2.45, 2.75) is 82.7 Å². The molecule has 0 spiro atoms. The van der Waals surface area contributed by atoms with E-state index in [2.05, 4.69) is 4.98 Å². The number of hydrogen-bond acceptors (Lipinski definition) is 9. The Balaban J connectivity index is 2.27. The lowest BCUT2D eigenvalue weighted by Crippen LogP contribution is -2.39. The predicted octanol–water partition coefficient (Wildman–Crippen LogP) is 0.540. The van der Waals surface area contributed by atoms with Gasteiger partial charge in [-0.2, -0.15) is 4.98 Å². The van der Waals surface area contributed by atoms with Crippen LogP contribution in [0.15, 0.2) is 11.0 Å². The van der Waals surface area contributed by atoms with Gasteiger partial charge >= 0.3 is 13.3 Å². The van der Waals surface area contributed by atoms with Crippen molar-refractivity contribution in [1.82, 2.24) is 9.55 Å². The predicted molar refractivity (Wildman–Crippen MR) is 104 cm³/mol. The molecule has 1 aromatic rings. The Morgan fingerprint density at radius 2 is 1.97 bits per heavy atom. The van der Waals surface area contributed by atoms with Gasteiger partial charge in [0.05, 0.1) is 6.10 Å². The largest absolute Gasteiger partial charge is 0.388 e. The molecule has 0 radical (unpaired) electrons. The molecule has 2 rings (SSSR count). The average molecular weight is 453 g/mol. The second-order valence-corrected chi connectivity index (χ2v) is 9.86. The van der Waals surface area contributed by atoms with E-state index in [-0.39, 0.29) is 12.2 Å². The third-order valence-electron chi connectivity index (χ3n) is 5.38. The number of ether oxygens (including phenoxy) is 1. The van der Waals surface area contributed by atoms with Crippen molar-refractivity contribution >= 4 is 13.4 Å². The van der Waals surface area contributed by atoms with Crippen molar-refractivity contribution in [2.24, 2.45) is 0 Å². The van der Waals surface area contributed by atoms with E-state index in [1.54, 1.807) is 6.92 Å². The Bertz CT molecular complexity index is 881. The van der Waals surface area contributed by atoms with Crippen LogP contribution in [0.3, 0.4) is 0 Å². The van der Waals surface area contributed by atoms with Crippen LogP contribution in [0, 0.1) is 6.92 Å². The van der Waals surface area contributed by atoms with Crippen LogP contribution in [0.1, 0.15) is 51.8 Å². The zero-order valence-electron chi connectivity index (χ0n) is 17.2. The van der Waals surface area contributed by atoms with Crippen LogP contribution in [0.2, 0.25) is 0 Å². The Kier molecular flexibility index (Phi) is 7.14. The SMILES string of the molecule is CCC(F)(C[C@H]1O[C@@H](n2cc(C)c(N)nc2=O)[C@H](O)[C@@H]1O)OP(=O)(O)C(C)(O)CC. The fourth-order valence-electron chi connectivity index (χ4n) is 2.96. The van der Waals surface area contributed by atoms with Crippen LogP contribution in [0.4, 0.5) is 10.2 Å². The van der Waals surface area contributed by atoms with Crippen LogP contribution in [-0.2, 0) is 13.8 Å². The number of nitrogens with zero attached hydrogens (tertiary/aromatic N) is 2. The van der Waals surface area contributed by atoms with Gasteiger partial charge in [-0.05, 0) is 20.3 Å². The van der Waals surface area contributed by atoms with E-state index in [9.17, 15) is 29.6 Å². The molecule has 0 aromatic carbocycles. The van der Waals surface area contributed by atoms with Gasteiger partial charge < -0.3 is 30.7 Å². The first-order chi connectivity index (χ1) is 13.7. The Morgan fingerprint density at radius 3 is 2.50 bits per heavy atom. The van der Waals surface area contributed by atoms with Crippen LogP contribution in [0.5, 0.6) is 0 Å². The van der Waals surface area contributed by atoms with Crippen LogP contribution >= 0.6 is 7.60 Å². The summed E-state index contributed by atoms with van der Waals surface area (Å²) < 4.78 is 38.9. The zero-order chi connectivity index (χ0) is 23.1. The molecule has 3 unspecified atom stereocenters. The molecule has 0 saturated carbocycles. The number of aromatic nitrogens is 2. The molecule has 7 atom stereocenters. The lowest BCUT2D eigenvalue weighted by Gasteiger charge is -2.34. The maximum Gasteiger partial charge on any atom is 0.361 e. The van der Waals surface area contributed by atoms with Crippen molar-refractivity contribution in [1.29, 1.82) is 0 Å². The Morgan fingerprint density at radius 1 is 1.37 bits per heavy atom. The number of anilines is 1. The average Bonchev–Trinajstić information content (AvgIpc) is 2.92. The Labute approximate surface area is 172 Å². The fraction of sp³-hybridized carbons (Fsp3) is 0.765. The summed E-state index contributed by atoms with van der Waals surface area (Å²) in [5.74, 6) is -2.77. The molecule has 0 aliphatic carbocycles. The highest BCUT2D eigenvalue weighted by Crippen LogP contribution is 2.59. The van der Waals surface area contributed by atoms with Crippen molar-refractivity contribution in [2.75, 3.05) is 5.73 Å². The smallest absolute Gasteiger partial charge is 0.361 e. The van der Waals surface area contributed by atoms with Crippen molar-refractivity contribution in [3.63, 3.8) is 0 Å². The summed E-state index contributed by atoms with van der Waals surface area (Å²) in [6.07, 6.45) is -6.04. The highest BCUT2D eigenvalue weighted by Gasteiger charge is 2.52. The van der Waals surface area contributed by atoms with Crippen LogP contribution < -0.4 is 11.4 Å². The van der Waals surface area contributed by atoms with Gasteiger partial charge in [-0.25, -0.2) is 9.18 Å². The quantitative estimate of drug-likeness (QED) is 0.349. The molecule has 6 N–H and O–H groups in total. The van der Waals surface area contributed by atoms with Gasteiger partial charge in [-0.1, -0.05) is 13.8 Å². The molecule has 0 amide bonds. The van der Waals surface area contributed by atoms with E-state index in [4.69, 9.17) is 15.0 Å². The second kappa shape index (κ2) is 8.62. The van der Waals surface area contributed by atoms with E-state index in [0.717, 1.165) is 11.5 Å². The van der Waals surface area contributed by atoms with E-state index in [0.29, 0.717) is 5.56 Å². The molecule has 1 aliphatic rings. The van der Waals surface area contributed by atoms with Crippen LogP contribution in [0.25, 0.3) is 0 Å². The van der Waals surface area contributed by atoms with Gasteiger partial charge in [0, 0.05) is 24.6 Å². The molecule has 30 heavy (non-hydrogen) atoms. The van der Waals surface area contributed by atoms with E-state index >= 15 is 4.39 Å². The third kappa shape index (κ3) is 4.75. The van der Waals surface area contributed by atoms with Gasteiger partial charge in [-0.15, -0.1) is 0 Å². The summed E-state index contributed by atoms with van der Waals surface area (Å²) in [6.45, 7) is 5.40. The molecular weight excluding hydrogens is 424 g/mol. The first-order valence-corrected chi connectivity index (χ1v) is 11.1. The monoisotopic (exact) mass is 453 g/mol. The van der Waals surface area contributed by atoms with E-state index in [1.165, 1.54) is 20.0 Å². The number of aryl methyl sites for hydroxylation is 1. The summed E-state index contributed by atoms with van der Waals surface area (Å²) in [5, 5.41) is 28.5. The van der Waals surface area contributed by atoms with Gasteiger partial charge in [0.25, 0.3) is 0 Å². The molecule has 13 heteroatoms. The number of halogens is 1. The van der Waals surface area contributed by atoms with Crippen molar-refractivity contribution < 1.29 is 38.4 Å². The van der Waals surface area contributed by atoms with Gasteiger partial charge in [-0.3, -0.25) is 13.7 Å². The first-order valence-electron chi connectivity index (χ1n) is 9.50. The van der Waals surface area contributed by atoms with Gasteiger partial charge in [0.1, 0.15) is 18.0 Å². The number of nitrogens with two attached hydrogens (primary N) is 1. The summed E-state index contributed by atoms with van der Waals surface area (Å²) in [7, 11) is -4.82. The maximum atomic E-state index is 15.3. The standard InChI is InChI=1S/C17H29FN3O8P/c1-5-16(4,25)30(26,27)29-17(18,6-2)7-10-11(22)12(23)14(28-10)21-8-9(3)13(19)20-15(21)24/h8,10-12,14,22-23,25H,5-7H2,1-4H3,(H,26,27)(H2,19,20,24)/t10-,11-,12-,14-,16?,17?/m1/s1. The summed E-state index contributed by atoms with van der Waals surface area (Å²) in [5.41, 5.74) is 5.15. The lowest BCUT2D eigenvalue weighted by atomic mass is 10.0. The summed E-state index contributed by atoms with van der Waals surface area (Å²) in [4.78, 5) is 25.8. The molecule has 0 bridgehead atoms. The minimum atomic E-state index is -4.82. The first kappa shape index (κ1) is 24.9. The molecule has 1 fully saturated rings. The van der Waals surface area contributed by atoms with Crippen LogP contribution in [-0.4, -0.2) is 59.3 Å². The number of nitrogen functional groups attached to an aromatic ring is 1. The summed E-state index contributed by atoms with van der Waals surface area (Å²) >= 11 is 0. The van der Waals surface area contributed by atoms with Crippen molar-refractivity contribution in [3.8, 4) is 0 Å². The number of aliphatic hydroxyl groups is 3. The zero-order valence-corrected chi connectivity index (χ0v) is 18.1. The molecule has 1 aromatic heterocycles. The highest BCUT2D eigenvalue weighted by molar-refractivity contribution is 7.54. The topological polar surface area (TPSA) is 177 Å². The third-order valence-corrected chi connectivity index (χ3v) is 7.49. The number of alkyl halides is 1. The minimum Gasteiger partial charge on any atom is -0.388 e. The number of aliphatic hydroxyl groups excluding tert-OH is 2. The lowest BCUT2D eigenvalue weighted by molar-refractivity contribution is -0.133. The highest BCUT2D eigenvalue weighted by atomic mass is 31.2. The molecule has 11 nitrogen and oxygen atoms in total. The molecular formula is C17H29FN3O8P.